The van der Waals surface area contributed by atoms with Crippen LogP contribution in [-0.2, 0) is 19.4 Å². The van der Waals surface area contributed by atoms with Crippen LogP contribution in [0.2, 0.25) is 0 Å². The third-order valence-electron chi connectivity index (χ3n) is 3.67. The molecule has 0 radical (unpaired) electrons. The highest BCUT2D eigenvalue weighted by atomic mass is 32.2. The van der Waals surface area contributed by atoms with Crippen LogP contribution in [0.25, 0.3) is 0 Å². The van der Waals surface area contributed by atoms with Gasteiger partial charge in [-0.15, -0.1) is 11.3 Å². The minimum absolute atomic E-state index is 0.145. The average molecular weight is 406 g/mol. The number of nitriles is 1. The number of anilines is 1. The topological polar surface area (TPSA) is 113 Å². The highest BCUT2D eigenvalue weighted by molar-refractivity contribution is 7.91. The molecule has 1 aromatic carbocycles. The SMILES string of the molecule is CCOC(=O)c1sc(NC(=O)CCS(=O)(=O)c2ccccc2)c(C#N)c1C. The Morgan fingerprint density at radius 3 is 2.52 bits per heavy atom. The van der Waals surface area contributed by atoms with Crippen LogP contribution in [0.3, 0.4) is 0 Å². The summed E-state index contributed by atoms with van der Waals surface area (Å²) in [6.07, 6.45) is -0.270. The molecule has 0 aliphatic heterocycles. The Balaban J connectivity index is 2.11. The number of hydrogen-bond acceptors (Lipinski definition) is 7. The van der Waals surface area contributed by atoms with Gasteiger partial charge in [0.2, 0.25) is 5.91 Å². The first-order valence-electron chi connectivity index (χ1n) is 8.08. The van der Waals surface area contributed by atoms with Crippen molar-refractivity contribution in [1.82, 2.24) is 0 Å². The zero-order chi connectivity index (χ0) is 20.0. The van der Waals surface area contributed by atoms with E-state index in [9.17, 15) is 23.3 Å². The van der Waals surface area contributed by atoms with Crippen LogP contribution in [0.15, 0.2) is 35.2 Å². The number of hydrogen-bond donors (Lipinski definition) is 1. The Labute approximate surface area is 161 Å². The Kier molecular flexibility index (Phi) is 6.71. The fourth-order valence-corrected chi connectivity index (χ4v) is 4.62. The molecule has 0 saturated carbocycles. The summed E-state index contributed by atoms with van der Waals surface area (Å²) in [5.74, 6) is -1.48. The van der Waals surface area contributed by atoms with Crippen LogP contribution < -0.4 is 5.32 Å². The Hall–Kier alpha value is -2.70. The standard InChI is InChI=1S/C18H18N2O5S2/c1-3-25-18(22)16-12(2)14(11-19)17(26-16)20-15(21)9-10-27(23,24)13-7-5-4-6-8-13/h4-8H,3,9-10H2,1-2H3,(H,20,21). The number of nitrogens with zero attached hydrogens (tertiary/aromatic N) is 1. The molecule has 0 aliphatic rings. The molecule has 1 amide bonds. The average Bonchev–Trinajstić information content (AvgIpc) is 2.96. The molecule has 9 heteroatoms. The molecular formula is C18H18N2O5S2. The van der Waals surface area contributed by atoms with Crippen molar-refractivity contribution in [2.24, 2.45) is 0 Å². The smallest absolute Gasteiger partial charge is 0.348 e. The molecule has 1 aromatic heterocycles. The molecule has 27 heavy (non-hydrogen) atoms. The predicted molar refractivity (Wildman–Crippen MR) is 101 cm³/mol. The van der Waals surface area contributed by atoms with Gasteiger partial charge >= 0.3 is 5.97 Å². The van der Waals surface area contributed by atoms with Gasteiger partial charge in [-0.1, -0.05) is 18.2 Å². The van der Waals surface area contributed by atoms with Crippen molar-refractivity contribution >= 4 is 38.1 Å². The van der Waals surface area contributed by atoms with Crippen molar-refractivity contribution in [2.75, 3.05) is 17.7 Å². The fraction of sp³-hybridized carbons (Fsp3) is 0.278. The first kappa shape index (κ1) is 20.6. The van der Waals surface area contributed by atoms with Crippen LogP contribution in [0.5, 0.6) is 0 Å². The van der Waals surface area contributed by atoms with E-state index in [2.05, 4.69) is 5.32 Å². The highest BCUT2D eigenvalue weighted by Gasteiger charge is 2.23. The number of carbonyl (C=O) groups excluding carboxylic acids is 2. The lowest BCUT2D eigenvalue weighted by molar-refractivity contribution is -0.115. The summed E-state index contributed by atoms with van der Waals surface area (Å²) < 4.78 is 29.4. The lowest BCUT2D eigenvalue weighted by Gasteiger charge is -2.05. The Morgan fingerprint density at radius 2 is 1.93 bits per heavy atom. The molecule has 1 heterocycles. The van der Waals surface area contributed by atoms with Crippen molar-refractivity contribution in [1.29, 1.82) is 5.26 Å². The lowest BCUT2D eigenvalue weighted by atomic mass is 10.2. The van der Waals surface area contributed by atoms with E-state index in [1.807, 2.05) is 6.07 Å². The molecule has 2 rings (SSSR count). The largest absolute Gasteiger partial charge is 0.462 e. The number of nitrogens with one attached hydrogen (secondary N) is 1. The van der Waals surface area contributed by atoms with Gasteiger partial charge in [0, 0.05) is 6.42 Å². The van der Waals surface area contributed by atoms with Gasteiger partial charge in [0.1, 0.15) is 15.9 Å². The molecule has 2 aromatic rings. The number of sulfone groups is 1. The van der Waals surface area contributed by atoms with Crippen molar-refractivity contribution < 1.29 is 22.7 Å². The van der Waals surface area contributed by atoms with Crippen molar-refractivity contribution in [2.45, 2.75) is 25.2 Å². The number of rotatable bonds is 7. The van der Waals surface area contributed by atoms with Crippen molar-refractivity contribution in [3.8, 4) is 6.07 Å². The van der Waals surface area contributed by atoms with Gasteiger partial charge in [0.15, 0.2) is 9.84 Å². The molecule has 0 spiro atoms. The third kappa shape index (κ3) is 4.93. The normalized spacial score (nSPS) is 10.9. The number of ether oxygens (including phenoxy) is 1. The second-order valence-electron chi connectivity index (χ2n) is 5.52. The third-order valence-corrected chi connectivity index (χ3v) is 6.59. The van der Waals surface area contributed by atoms with E-state index in [0.717, 1.165) is 11.3 Å². The number of thiophene rings is 1. The summed E-state index contributed by atoms with van der Waals surface area (Å²) >= 11 is 0.938. The fourth-order valence-electron chi connectivity index (χ4n) is 2.29. The number of benzene rings is 1. The van der Waals surface area contributed by atoms with Crippen LogP contribution >= 0.6 is 11.3 Å². The lowest BCUT2D eigenvalue weighted by Crippen LogP contribution is -2.17. The van der Waals surface area contributed by atoms with E-state index in [1.165, 1.54) is 12.1 Å². The maximum absolute atomic E-state index is 12.2. The van der Waals surface area contributed by atoms with Crippen LogP contribution in [0.1, 0.15) is 34.1 Å². The van der Waals surface area contributed by atoms with Gasteiger partial charge < -0.3 is 10.1 Å². The Morgan fingerprint density at radius 1 is 1.26 bits per heavy atom. The van der Waals surface area contributed by atoms with Crippen LogP contribution in [0, 0.1) is 18.3 Å². The van der Waals surface area contributed by atoms with Gasteiger partial charge in [0.05, 0.1) is 22.8 Å². The van der Waals surface area contributed by atoms with Gasteiger partial charge in [-0.05, 0) is 31.5 Å². The van der Waals surface area contributed by atoms with Crippen molar-refractivity contribution in [3.05, 3.63) is 46.3 Å². The summed E-state index contributed by atoms with van der Waals surface area (Å²) in [6.45, 7) is 3.45. The van der Waals surface area contributed by atoms with E-state index >= 15 is 0 Å². The van der Waals surface area contributed by atoms with Gasteiger partial charge in [-0.3, -0.25) is 4.79 Å². The minimum atomic E-state index is -3.58. The number of esters is 1. The first-order valence-corrected chi connectivity index (χ1v) is 10.5. The maximum atomic E-state index is 12.2. The van der Waals surface area contributed by atoms with Gasteiger partial charge in [-0.2, -0.15) is 5.26 Å². The van der Waals surface area contributed by atoms with E-state index in [-0.39, 0.29) is 39.1 Å². The first-order chi connectivity index (χ1) is 12.8. The van der Waals surface area contributed by atoms with E-state index in [4.69, 9.17) is 4.74 Å². The highest BCUT2D eigenvalue weighted by Crippen LogP contribution is 2.33. The maximum Gasteiger partial charge on any atom is 0.348 e. The zero-order valence-electron chi connectivity index (χ0n) is 14.8. The molecule has 0 unspecified atom stereocenters. The van der Waals surface area contributed by atoms with Crippen LogP contribution in [-0.4, -0.2) is 32.7 Å². The zero-order valence-corrected chi connectivity index (χ0v) is 16.4. The summed E-state index contributed by atoms with van der Waals surface area (Å²) in [4.78, 5) is 24.5. The molecule has 0 fully saturated rings. The second-order valence-corrected chi connectivity index (χ2v) is 8.65. The summed E-state index contributed by atoms with van der Waals surface area (Å²) in [5, 5.41) is 12.0. The monoisotopic (exact) mass is 406 g/mol. The Bertz CT molecular complexity index is 989. The molecule has 0 bridgehead atoms. The molecule has 142 valence electrons. The molecule has 0 atom stereocenters. The summed E-state index contributed by atoms with van der Waals surface area (Å²) in [7, 11) is -3.58. The van der Waals surface area contributed by atoms with Crippen LogP contribution in [0.4, 0.5) is 5.00 Å². The quantitative estimate of drug-likeness (QED) is 0.707. The summed E-state index contributed by atoms with van der Waals surface area (Å²) in [5.41, 5.74) is 0.593. The van der Waals surface area contributed by atoms with E-state index < -0.39 is 21.7 Å². The molecule has 1 N–H and O–H groups in total. The molecular weight excluding hydrogens is 388 g/mol. The van der Waals surface area contributed by atoms with Gasteiger partial charge in [-0.25, -0.2) is 13.2 Å². The summed E-state index contributed by atoms with van der Waals surface area (Å²) in [6, 6.07) is 9.81. The van der Waals surface area contributed by atoms with E-state index in [1.54, 1.807) is 32.0 Å². The van der Waals surface area contributed by atoms with Crippen molar-refractivity contribution in [3.63, 3.8) is 0 Å². The molecule has 7 nitrogen and oxygen atoms in total. The molecule has 0 saturated heterocycles. The van der Waals surface area contributed by atoms with Gasteiger partial charge in [0.25, 0.3) is 0 Å². The second kappa shape index (κ2) is 8.79. The minimum Gasteiger partial charge on any atom is -0.462 e. The molecule has 0 aliphatic carbocycles. The predicted octanol–water partition coefficient (Wildman–Crippen LogP) is 2.91. The van der Waals surface area contributed by atoms with E-state index in [0.29, 0.717) is 5.56 Å². The number of amides is 1. The number of carbonyl (C=O) groups is 2.